The molecule has 2 heterocycles. The lowest BCUT2D eigenvalue weighted by atomic mass is 9.85. The number of fused-ring (bicyclic) bond motifs is 1. The molecule has 1 aliphatic heterocycles. The molecule has 0 spiro atoms. The van der Waals surface area contributed by atoms with E-state index >= 15 is 0 Å². The van der Waals surface area contributed by atoms with Crippen LogP contribution < -0.4 is 5.32 Å². The fraction of sp³-hybridized carbons (Fsp3) is 0.867. The molecule has 20 heavy (non-hydrogen) atoms. The summed E-state index contributed by atoms with van der Waals surface area (Å²) in [6, 6.07) is 0.909. The number of nitrogens with zero attached hydrogens (tertiary/aromatic N) is 2. The average Bonchev–Trinajstić information content (AvgIpc) is 3.03. The lowest BCUT2D eigenvalue weighted by molar-refractivity contribution is 0.0751. The summed E-state index contributed by atoms with van der Waals surface area (Å²) >= 11 is 0. The molecule has 3 aliphatic rings. The van der Waals surface area contributed by atoms with Crippen LogP contribution in [0.4, 0.5) is 0 Å². The van der Waals surface area contributed by atoms with Gasteiger partial charge in [-0.05, 0) is 43.9 Å². The maximum absolute atomic E-state index is 5.53. The number of nitrogens with one attached hydrogen (secondary N) is 1. The van der Waals surface area contributed by atoms with Gasteiger partial charge in [0.15, 0.2) is 0 Å². The highest BCUT2D eigenvalue weighted by molar-refractivity contribution is 5.04. The third-order valence-corrected chi connectivity index (χ3v) is 5.18. The maximum Gasteiger partial charge on any atom is 0.243 e. The van der Waals surface area contributed by atoms with Gasteiger partial charge in [-0.15, -0.1) is 0 Å². The van der Waals surface area contributed by atoms with E-state index in [0.717, 1.165) is 24.1 Å². The second kappa shape index (κ2) is 5.11. The van der Waals surface area contributed by atoms with Crippen molar-refractivity contribution in [2.45, 2.75) is 63.1 Å². The molecule has 1 saturated heterocycles. The summed E-state index contributed by atoms with van der Waals surface area (Å²) in [4.78, 5) is 4.62. The molecule has 1 aromatic rings. The molecule has 1 N–H and O–H groups in total. The van der Waals surface area contributed by atoms with E-state index < -0.39 is 0 Å². The third-order valence-electron chi connectivity index (χ3n) is 5.18. The fourth-order valence-corrected chi connectivity index (χ4v) is 3.92. The van der Waals surface area contributed by atoms with E-state index in [2.05, 4.69) is 15.5 Å². The highest BCUT2D eigenvalue weighted by Crippen LogP contribution is 2.43. The summed E-state index contributed by atoms with van der Waals surface area (Å²) in [5, 5.41) is 7.85. The smallest absolute Gasteiger partial charge is 0.243 e. The maximum atomic E-state index is 5.53. The van der Waals surface area contributed by atoms with Crippen molar-refractivity contribution in [2.75, 3.05) is 7.11 Å². The predicted octanol–water partition coefficient (Wildman–Crippen LogP) is 2.76. The van der Waals surface area contributed by atoms with E-state index in [9.17, 15) is 0 Å². The van der Waals surface area contributed by atoms with E-state index in [-0.39, 0.29) is 12.1 Å². The normalized spacial score (nSPS) is 35.0. The van der Waals surface area contributed by atoms with E-state index in [0.29, 0.717) is 12.0 Å². The number of rotatable bonds is 4. The molecule has 2 aliphatic carbocycles. The molecule has 4 rings (SSSR count). The van der Waals surface area contributed by atoms with Crippen LogP contribution in [0.3, 0.4) is 0 Å². The quantitative estimate of drug-likeness (QED) is 0.917. The van der Waals surface area contributed by atoms with Crippen LogP contribution in [-0.4, -0.2) is 23.3 Å². The van der Waals surface area contributed by atoms with Crippen LogP contribution in [0.25, 0.3) is 0 Å². The first kappa shape index (κ1) is 12.8. The second-order valence-electron chi connectivity index (χ2n) is 6.59. The first-order chi connectivity index (χ1) is 9.85. The van der Waals surface area contributed by atoms with Crippen molar-refractivity contribution < 1.29 is 9.26 Å². The van der Waals surface area contributed by atoms with Gasteiger partial charge < -0.3 is 14.6 Å². The van der Waals surface area contributed by atoms with Crippen molar-refractivity contribution in [3.63, 3.8) is 0 Å². The third kappa shape index (κ3) is 2.27. The summed E-state index contributed by atoms with van der Waals surface area (Å²) in [5.74, 6) is 2.88. The Morgan fingerprint density at radius 2 is 2.10 bits per heavy atom. The predicted molar refractivity (Wildman–Crippen MR) is 73.0 cm³/mol. The van der Waals surface area contributed by atoms with Gasteiger partial charge in [0.05, 0.1) is 6.04 Å². The summed E-state index contributed by atoms with van der Waals surface area (Å²) in [5.41, 5.74) is 0. The molecule has 1 aromatic heterocycles. The highest BCUT2D eigenvalue weighted by Gasteiger charge is 2.40. The zero-order valence-corrected chi connectivity index (χ0v) is 12.0. The second-order valence-corrected chi connectivity index (χ2v) is 6.59. The Bertz CT molecular complexity index is 457. The Labute approximate surface area is 119 Å². The first-order valence-corrected chi connectivity index (χ1v) is 7.97. The molecule has 2 saturated carbocycles. The Morgan fingerprint density at radius 1 is 1.25 bits per heavy atom. The molecule has 5 nitrogen and oxygen atoms in total. The fourth-order valence-electron chi connectivity index (χ4n) is 3.92. The summed E-state index contributed by atoms with van der Waals surface area (Å²) in [7, 11) is 1.74. The van der Waals surface area contributed by atoms with Crippen LogP contribution in [-0.2, 0) is 4.74 Å². The van der Waals surface area contributed by atoms with Crippen LogP contribution in [0.15, 0.2) is 4.52 Å². The monoisotopic (exact) mass is 277 g/mol. The van der Waals surface area contributed by atoms with Gasteiger partial charge in [0.25, 0.3) is 0 Å². The average molecular weight is 277 g/mol. The Kier molecular flexibility index (Phi) is 3.27. The highest BCUT2D eigenvalue weighted by atomic mass is 16.5. The lowest BCUT2D eigenvalue weighted by Gasteiger charge is -2.24. The molecule has 0 aromatic carbocycles. The molecular formula is C15H23N3O2. The number of hydrogen-bond acceptors (Lipinski definition) is 5. The number of ether oxygens (including phenoxy) is 1. The van der Waals surface area contributed by atoms with E-state index in [1.165, 1.54) is 38.5 Å². The molecule has 0 amide bonds. The lowest BCUT2D eigenvalue weighted by Crippen LogP contribution is -2.30. The van der Waals surface area contributed by atoms with Crippen molar-refractivity contribution in [3.05, 3.63) is 11.7 Å². The molecule has 3 fully saturated rings. The molecule has 4 unspecified atom stereocenters. The van der Waals surface area contributed by atoms with Gasteiger partial charge in [0.1, 0.15) is 6.10 Å². The largest absolute Gasteiger partial charge is 0.373 e. The van der Waals surface area contributed by atoms with Crippen LogP contribution in [0.2, 0.25) is 0 Å². The Hall–Kier alpha value is -0.940. The van der Waals surface area contributed by atoms with Crippen molar-refractivity contribution in [1.82, 2.24) is 15.5 Å². The van der Waals surface area contributed by atoms with Gasteiger partial charge in [0.2, 0.25) is 11.7 Å². The summed E-state index contributed by atoms with van der Waals surface area (Å²) in [6.45, 7) is 0. The van der Waals surface area contributed by atoms with Gasteiger partial charge in [0, 0.05) is 13.2 Å². The Balaban J connectivity index is 1.48. The van der Waals surface area contributed by atoms with E-state index in [1.807, 2.05) is 0 Å². The van der Waals surface area contributed by atoms with Gasteiger partial charge in [-0.2, -0.15) is 4.98 Å². The van der Waals surface area contributed by atoms with Gasteiger partial charge in [-0.3, -0.25) is 0 Å². The van der Waals surface area contributed by atoms with Crippen LogP contribution in [0.5, 0.6) is 0 Å². The van der Waals surface area contributed by atoms with Crippen LogP contribution >= 0.6 is 0 Å². The first-order valence-electron chi connectivity index (χ1n) is 7.97. The molecule has 0 radical (unpaired) electrons. The number of aromatic nitrogens is 2. The van der Waals surface area contributed by atoms with Gasteiger partial charge >= 0.3 is 0 Å². The molecule has 4 atom stereocenters. The molecule has 0 bridgehead atoms. The standard InChI is InChI=1S/C15H23N3O2/c1-19-13(9-6-7-9)14-17-15(20-18-14)12-8-10-4-2-3-5-11(10)16-12/h9-13,16H,2-8H2,1H3. The van der Waals surface area contributed by atoms with Gasteiger partial charge in [-0.25, -0.2) is 0 Å². The van der Waals surface area contributed by atoms with E-state index in [1.54, 1.807) is 7.11 Å². The summed E-state index contributed by atoms with van der Waals surface area (Å²) < 4.78 is 11.0. The van der Waals surface area contributed by atoms with Crippen molar-refractivity contribution in [2.24, 2.45) is 11.8 Å². The van der Waals surface area contributed by atoms with E-state index in [4.69, 9.17) is 9.26 Å². The topological polar surface area (TPSA) is 60.2 Å². The molecule has 5 heteroatoms. The van der Waals surface area contributed by atoms with Crippen molar-refractivity contribution in [3.8, 4) is 0 Å². The van der Waals surface area contributed by atoms with Crippen molar-refractivity contribution in [1.29, 1.82) is 0 Å². The minimum absolute atomic E-state index is 0.0242. The van der Waals surface area contributed by atoms with Crippen molar-refractivity contribution >= 4 is 0 Å². The van der Waals surface area contributed by atoms with Gasteiger partial charge in [-0.1, -0.05) is 18.0 Å². The van der Waals surface area contributed by atoms with Crippen LogP contribution in [0.1, 0.15) is 68.8 Å². The minimum Gasteiger partial charge on any atom is -0.373 e. The molecule has 110 valence electrons. The number of methoxy groups -OCH3 is 1. The SMILES string of the molecule is COC(c1noc(C2CC3CCCCC3N2)n1)C1CC1. The zero-order valence-electron chi connectivity index (χ0n) is 12.0. The minimum atomic E-state index is 0.0242. The summed E-state index contributed by atoms with van der Waals surface area (Å²) in [6.07, 6.45) is 8.97. The zero-order chi connectivity index (χ0) is 13.5. The molecular weight excluding hydrogens is 254 g/mol. The van der Waals surface area contributed by atoms with Crippen LogP contribution in [0, 0.1) is 11.8 Å². The number of hydrogen-bond donors (Lipinski definition) is 1. The Morgan fingerprint density at radius 3 is 2.85 bits per heavy atom.